The van der Waals surface area contributed by atoms with Crippen LogP contribution in [0.15, 0.2) is 65.3 Å². The van der Waals surface area contributed by atoms with Gasteiger partial charge in [-0.2, -0.15) is 10.1 Å². The maximum Gasteiger partial charge on any atom is 0.249 e. The first-order valence-electron chi connectivity index (χ1n) is 7.19. The van der Waals surface area contributed by atoms with Crippen LogP contribution in [0.2, 0.25) is 0 Å². The van der Waals surface area contributed by atoms with Crippen LogP contribution in [-0.4, -0.2) is 22.2 Å². The maximum atomic E-state index is 4.53. The fraction of sp³-hybridized carbons (Fsp3) is 0.118. The van der Waals surface area contributed by atoms with Crippen LogP contribution in [0.5, 0.6) is 0 Å². The average Bonchev–Trinajstić information content (AvgIpc) is 2.58. The van der Waals surface area contributed by atoms with E-state index in [1.54, 1.807) is 6.20 Å². The quantitative estimate of drug-likeness (QED) is 0.735. The van der Waals surface area contributed by atoms with Gasteiger partial charge in [0.1, 0.15) is 0 Å². The van der Waals surface area contributed by atoms with E-state index in [1.807, 2.05) is 54.4 Å². The molecule has 0 unspecified atom stereocenters. The molecule has 5 nitrogen and oxygen atoms in total. The second-order valence-electron chi connectivity index (χ2n) is 5.08. The third kappa shape index (κ3) is 4.04. The third-order valence-corrected chi connectivity index (χ3v) is 4.01. The lowest BCUT2D eigenvalue weighted by Crippen LogP contribution is -2.18. The predicted molar refractivity (Wildman–Crippen MR) is 95.8 cm³/mol. The van der Waals surface area contributed by atoms with Crippen molar-refractivity contribution in [3.05, 3.63) is 70.8 Å². The summed E-state index contributed by atoms with van der Waals surface area (Å²) in [6.45, 7) is 0.758. The Kier molecular flexibility index (Phi) is 4.83. The van der Waals surface area contributed by atoms with E-state index in [0.29, 0.717) is 5.95 Å². The van der Waals surface area contributed by atoms with Crippen molar-refractivity contribution in [1.29, 1.82) is 0 Å². The molecule has 0 aliphatic carbocycles. The summed E-state index contributed by atoms with van der Waals surface area (Å²) >= 11 is 3.50. The smallest absolute Gasteiger partial charge is 0.249 e. The normalized spacial score (nSPS) is 10.3. The van der Waals surface area contributed by atoms with Gasteiger partial charge >= 0.3 is 0 Å². The molecule has 0 fully saturated rings. The molecule has 0 atom stereocenters. The first kappa shape index (κ1) is 15.4. The summed E-state index contributed by atoms with van der Waals surface area (Å²) in [6.07, 6.45) is 1.66. The van der Waals surface area contributed by atoms with E-state index in [-0.39, 0.29) is 0 Å². The minimum absolute atomic E-state index is 0.467. The molecular formula is C17H16BrN5. The van der Waals surface area contributed by atoms with Gasteiger partial charge < -0.3 is 10.2 Å². The Morgan fingerprint density at radius 1 is 1.04 bits per heavy atom. The van der Waals surface area contributed by atoms with Crippen LogP contribution in [-0.2, 0) is 6.54 Å². The number of hydrogen-bond donors (Lipinski definition) is 1. The zero-order chi connectivity index (χ0) is 16.1. The van der Waals surface area contributed by atoms with Crippen LogP contribution >= 0.6 is 15.9 Å². The molecule has 1 heterocycles. The van der Waals surface area contributed by atoms with E-state index in [1.165, 1.54) is 5.56 Å². The minimum Gasteiger partial charge on any atom is -0.354 e. The molecule has 0 amide bonds. The van der Waals surface area contributed by atoms with E-state index in [2.05, 4.69) is 48.6 Å². The summed E-state index contributed by atoms with van der Waals surface area (Å²) < 4.78 is 0.951. The van der Waals surface area contributed by atoms with Gasteiger partial charge in [0, 0.05) is 18.1 Å². The lowest BCUT2D eigenvalue weighted by atomic mass is 10.2. The molecular weight excluding hydrogens is 354 g/mol. The van der Waals surface area contributed by atoms with Crippen molar-refractivity contribution in [2.45, 2.75) is 6.54 Å². The zero-order valence-electron chi connectivity index (χ0n) is 12.6. The Morgan fingerprint density at radius 2 is 1.78 bits per heavy atom. The molecule has 0 saturated carbocycles. The van der Waals surface area contributed by atoms with Gasteiger partial charge in [-0.3, -0.25) is 0 Å². The van der Waals surface area contributed by atoms with Crippen molar-refractivity contribution in [2.75, 3.05) is 17.3 Å². The van der Waals surface area contributed by atoms with Crippen molar-refractivity contribution in [3.8, 4) is 0 Å². The number of aromatic nitrogens is 3. The number of nitrogens with one attached hydrogen (secondary N) is 1. The Labute approximate surface area is 143 Å². The highest BCUT2D eigenvalue weighted by Crippen LogP contribution is 2.24. The molecule has 0 saturated heterocycles. The molecule has 23 heavy (non-hydrogen) atoms. The molecule has 116 valence electrons. The van der Waals surface area contributed by atoms with E-state index in [9.17, 15) is 0 Å². The molecule has 6 heteroatoms. The Bertz CT molecular complexity index is 779. The van der Waals surface area contributed by atoms with Crippen molar-refractivity contribution >= 4 is 33.4 Å². The highest BCUT2D eigenvalue weighted by atomic mass is 79.9. The van der Waals surface area contributed by atoms with Crippen LogP contribution in [0.25, 0.3) is 0 Å². The number of anilines is 3. The van der Waals surface area contributed by atoms with Crippen LogP contribution in [0.4, 0.5) is 17.5 Å². The Morgan fingerprint density at radius 3 is 2.57 bits per heavy atom. The predicted octanol–water partition coefficient (Wildman–Crippen LogP) is 4.01. The molecule has 3 aromatic rings. The Balaban J connectivity index is 1.76. The number of para-hydroxylation sites is 1. The summed E-state index contributed by atoms with van der Waals surface area (Å²) in [4.78, 5) is 6.56. The fourth-order valence-corrected chi connectivity index (χ4v) is 2.54. The first-order valence-corrected chi connectivity index (χ1v) is 7.98. The largest absolute Gasteiger partial charge is 0.354 e. The van der Waals surface area contributed by atoms with Gasteiger partial charge in [0.2, 0.25) is 5.95 Å². The van der Waals surface area contributed by atoms with Gasteiger partial charge in [-0.25, -0.2) is 0 Å². The topological polar surface area (TPSA) is 53.9 Å². The number of hydrogen-bond acceptors (Lipinski definition) is 5. The van der Waals surface area contributed by atoms with E-state index < -0.39 is 0 Å². The van der Waals surface area contributed by atoms with E-state index in [0.717, 1.165) is 22.5 Å². The second kappa shape index (κ2) is 7.19. The molecule has 0 aliphatic heterocycles. The molecule has 3 rings (SSSR count). The first-order chi connectivity index (χ1) is 11.2. The van der Waals surface area contributed by atoms with Crippen molar-refractivity contribution < 1.29 is 0 Å². The van der Waals surface area contributed by atoms with Crippen LogP contribution in [0, 0.1) is 0 Å². The second-order valence-corrected chi connectivity index (χ2v) is 5.94. The molecule has 0 spiro atoms. The third-order valence-electron chi connectivity index (χ3n) is 3.32. The number of benzene rings is 2. The van der Waals surface area contributed by atoms with Gasteiger partial charge in [-0.1, -0.05) is 42.5 Å². The van der Waals surface area contributed by atoms with Crippen molar-refractivity contribution in [3.63, 3.8) is 0 Å². The summed E-state index contributed by atoms with van der Waals surface area (Å²) in [7, 11) is 1.99. The Hall–Kier alpha value is -2.47. The van der Waals surface area contributed by atoms with Crippen molar-refractivity contribution in [2.24, 2.45) is 0 Å². The van der Waals surface area contributed by atoms with Gasteiger partial charge in [0.15, 0.2) is 5.82 Å². The average molecular weight is 370 g/mol. The lowest BCUT2D eigenvalue weighted by Gasteiger charge is -2.18. The molecule has 0 bridgehead atoms. The van der Waals surface area contributed by atoms with Gasteiger partial charge in [-0.05, 0) is 33.6 Å². The summed E-state index contributed by atoms with van der Waals surface area (Å²) in [5.74, 6) is 1.23. The summed E-state index contributed by atoms with van der Waals surface area (Å²) in [5.41, 5.74) is 2.12. The van der Waals surface area contributed by atoms with E-state index >= 15 is 0 Å². The van der Waals surface area contributed by atoms with Gasteiger partial charge in [0.25, 0.3) is 0 Å². The zero-order valence-corrected chi connectivity index (χ0v) is 14.2. The van der Waals surface area contributed by atoms with Crippen molar-refractivity contribution in [1.82, 2.24) is 15.2 Å². The van der Waals surface area contributed by atoms with E-state index in [4.69, 9.17) is 0 Å². The molecule has 2 aromatic carbocycles. The van der Waals surface area contributed by atoms with Crippen LogP contribution < -0.4 is 10.2 Å². The fourth-order valence-electron chi connectivity index (χ4n) is 2.15. The highest BCUT2D eigenvalue weighted by Gasteiger charge is 2.07. The monoisotopic (exact) mass is 369 g/mol. The standard InChI is InChI=1S/C17H16BrN5/c1-23(12-13-7-3-2-4-8-13)16-11-19-22-17(21-16)20-15-10-6-5-9-14(15)18/h2-11H,12H2,1H3,(H,20,21,22). The summed E-state index contributed by atoms with van der Waals surface area (Å²) in [5, 5.41) is 11.3. The molecule has 0 aliphatic rings. The van der Waals surface area contributed by atoms with Crippen LogP contribution in [0.3, 0.4) is 0 Å². The number of halogens is 1. The SMILES string of the molecule is CN(Cc1ccccc1)c1cnnc(Nc2ccccc2Br)n1. The number of nitrogens with zero attached hydrogens (tertiary/aromatic N) is 4. The highest BCUT2D eigenvalue weighted by molar-refractivity contribution is 9.10. The minimum atomic E-state index is 0.467. The number of rotatable bonds is 5. The molecule has 1 aromatic heterocycles. The summed E-state index contributed by atoms with van der Waals surface area (Å²) in [6, 6.07) is 18.1. The van der Waals surface area contributed by atoms with Gasteiger partial charge in [-0.15, -0.1) is 5.10 Å². The molecule has 0 radical (unpaired) electrons. The molecule has 1 N–H and O–H groups in total. The van der Waals surface area contributed by atoms with Crippen LogP contribution in [0.1, 0.15) is 5.56 Å². The van der Waals surface area contributed by atoms with Gasteiger partial charge in [0.05, 0.1) is 11.9 Å². The lowest BCUT2D eigenvalue weighted by molar-refractivity contribution is 0.866. The maximum absolute atomic E-state index is 4.53.